The Morgan fingerprint density at radius 3 is 2.67 bits per heavy atom. The first kappa shape index (κ1) is 21.7. The van der Waals surface area contributed by atoms with E-state index in [2.05, 4.69) is 12.2 Å². The predicted octanol–water partition coefficient (Wildman–Crippen LogP) is 7.02. The Hall–Kier alpha value is -3.08. The molecule has 166 valence electrons. The van der Waals surface area contributed by atoms with E-state index in [-0.39, 0.29) is 11.9 Å². The van der Waals surface area contributed by atoms with Gasteiger partial charge in [0.1, 0.15) is 5.75 Å². The lowest BCUT2D eigenvalue weighted by molar-refractivity contribution is 0.0923. The molecule has 1 aliphatic rings. The zero-order valence-electron chi connectivity index (χ0n) is 18.1. The number of carbonyl (C=O) groups is 1. The van der Waals surface area contributed by atoms with E-state index in [0.717, 1.165) is 45.3 Å². The van der Waals surface area contributed by atoms with Crippen molar-refractivity contribution in [2.45, 2.75) is 25.8 Å². The highest BCUT2D eigenvalue weighted by molar-refractivity contribution is 6.35. The van der Waals surface area contributed by atoms with Crippen molar-refractivity contribution >= 4 is 40.0 Å². The minimum Gasteiger partial charge on any atom is -0.493 e. The number of halogens is 2. The highest BCUT2D eigenvalue weighted by Crippen LogP contribution is 2.35. The first-order chi connectivity index (χ1) is 16.0. The number of aromatic nitrogens is 1. The van der Waals surface area contributed by atoms with Crippen molar-refractivity contribution in [1.82, 2.24) is 10.3 Å². The van der Waals surface area contributed by atoms with Gasteiger partial charge in [-0.05, 0) is 41.8 Å². The summed E-state index contributed by atoms with van der Waals surface area (Å²) in [4.78, 5) is 18.1. The zero-order valence-corrected chi connectivity index (χ0v) is 19.6. The second-order valence-electron chi connectivity index (χ2n) is 8.06. The summed E-state index contributed by atoms with van der Waals surface area (Å²) < 4.78 is 5.73. The number of ether oxygens (including phenoxy) is 1. The number of pyridine rings is 1. The Kier molecular flexibility index (Phi) is 5.96. The highest BCUT2D eigenvalue weighted by Gasteiger charge is 2.25. The summed E-state index contributed by atoms with van der Waals surface area (Å²) in [6.07, 6.45) is 3.11. The number of nitrogens with one attached hydrogen (secondary N) is 1. The fourth-order valence-corrected chi connectivity index (χ4v) is 5.05. The molecule has 0 fully saturated rings. The van der Waals surface area contributed by atoms with Gasteiger partial charge in [0, 0.05) is 39.2 Å². The molecule has 33 heavy (non-hydrogen) atoms. The Morgan fingerprint density at radius 2 is 1.88 bits per heavy atom. The fraction of sp³-hybridized carbons (Fsp3) is 0.185. The van der Waals surface area contributed by atoms with Crippen molar-refractivity contribution in [3.05, 3.63) is 93.6 Å². The number of hydrogen-bond donors (Lipinski definition) is 1. The standard InChI is InChI=1S/C27H22Cl2N2O2/c1-2-19-21-8-5-7-20(16-12-17(28)14-18(29)13-16)26(21)30-15-23(19)27(32)31-24-10-11-33-25-9-4-3-6-22(24)25/h3-9,12-15,24H,2,10-11H2,1H3,(H,31,32). The Balaban J connectivity index is 1.54. The molecule has 4 aromatic rings. The molecule has 0 spiro atoms. The van der Waals surface area contributed by atoms with Crippen LogP contribution in [-0.2, 0) is 6.42 Å². The lowest BCUT2D eigenvalue weighted by atomic mass is 9.95. The Labute approximate surface area is 202 Å². The van der Waals surface area contributed by atoms with Crippen molar-refractivity contribution < 1.29 is 9.53 Å². The van der Waals surface area contributed by atoms with E-state index in [9.17, 15) is 4.79 Å². The van der Waals surface area contributed by atoms with Gasteiger partial charge in [0.2, 0.25) is 0 Å². The maximum Gasteiger partial charge on any atom is 0.253 e. The molecular formula is C27H22Cl2N2O2. The van der Waals surface area contributed by atoms with Gasteiger partial charge in [0.05, 0.1) is 23.7 Å². The maximum atomic E-state index is 13.4. The number of carbonyl (C=O) groups excluding carboxylic acids is 1. The third kappa shape index (κ3) is 4.17. The van der Waals surface area contributed by atoms with Gasteiger partial charge in [-0.1, -0.05) is 66.5 Å². The van der Waals surface area contributed by atoms with Crippen LogP contribution < -0.4 is 10.1 Å². The van der Waals surface area contributed by atoms with Crippen LogP contribution in [0.25, 0.3) is 22.0 Å². The Bertz CT molecular complexity index is 1350. The highest BCUT2D eigenvalue weighted by atomic mass is 35.5. The van der Waals surface area contributed by atoms with Crippen LogP contribution in [-0.4, -0.2) is 17.5 Å². The molecule has 0 saturated carbocycles. The number of nitrogens with zero attached hydrogens (tertiary/aromatic N) is 1. The largest absolute Gasteiger partial charge is 0.493 e. The SMILES string of the molecule is CCc1c(C(=O)NC2CCOc3ccccc32)cnc2c(-c3cc(Cl)cc(Cl)c3)cccc12. The number of fused-ring (bicyclic) bond motifs is 2. The first-order valence-electron chi connectivity index (χ1n) is 10.9. The second kappa shape index (κ2) is 9.05. The molecule has 1 amide bonds. The van der Waals surface area contributed by atoms with Crippen LogP contribution in [0.2, 0.25) is 10.0 Å². The third-order valence-corrected chi connectivity index (χ3v) is 6.48. The molecule has 0 saturated heterocycles. The molecule has 2 heterocycles. The van der Waals surface area contributed by atoms with Crippen LogP contribution >= 0.6 is 23.2 Å². The average Bonchev–Trinajstić information content (AvgIpc) is 2.82. The molecule has 3 aromatic carbocycles. The summed E-state index contributed by atoms with van der Waals surface area (Å²) in [5.74, 6) is 0.699. The number of aryl methyl sites for hydroxylation is 1. The van der Waals surface area contributed by atoms with Crippen molar-refractivity contribution in [2.24, 2.45) is 0 Å². The van der Waals surface area contributed by atoms with E-state index in [4.69, 9.17) is 32.9 Å². The van der Waals surface area contributed by atoms with E-state index in [1.807, 2.05) is 54.6 Å². The summed E-state index contributed by atoms with van der Waals surface area (Å²) >= 11 is 12.5. The summed E-state index contributed by atoms with van der Waals surface area (Å²) in [5.41, 5.74) is 5.20. The molecule has 0 aliphatic carbocycles. The third-order valence-electron chi connectivity index (χ3n) is 6.04. The molecule has 4 nitrogen and oxygen atoms in total. The maximum absolute atomic E-state index is 13.4. The topological polar surface area (TPSA) is 51.2 Å². The first-order valence-corrected chi connectivity index (χ1v) is 11.7. The van der Waals surface area contributed by atoms with Crippen LogP contribution in [0.1, 0.15) is 40.9 Å². The van der Waals surface area contributed by atoms with Gasteiger partial charge < -0.3 is 10.1 Å². The lowest BCUT2D eigenvalue weighted by Crippen LogP contribution is -2.32. The van der Waals surface area contributed by atoms with Crippen LogP contribution in [0.3, 0.4) is 0 Å². The van der Waals surface area contributed by atoms with E-state index >= 15 is 0 Å². The van der Waals surface area contributed by atoms with Crippen molar-refractivity contribution in [3.63, 3.8) is 0 Å². The normalized spacial score (nSPS) is 15.1. The Morgan fingerprint density at radius 1 is 1.09 bits per heavy atom. The smallest absolute Gasteiger partial charge is 0.253 e. The molecule has 0 bridgehead atoms. The molecule has 1 aliphatic heterocycles. The molecule has 1 unspecified atom stereocenters. The molecule has 5 rings (SSSR count). The fourth-order valence-electron chi connectivity index (χ4n) is 4.53. The second-order valence-corrected chi connectivity index (χ2v) is 8.94. The van der Waals surface area contributed by atoms with Crippen LogP contribution in [0.4, 0.5) is 0 Å². The van der Waals surface area contributed by atoms with Gasteiger partial charge >= 0.3 is 0 Å². The predicted molar refractivity (Wildman–Crippen MR) is 133 cm³/mol. The zero-order chi connectivity index (χ0) is 22.9. The van der Waals surface area contributed by atoms with Crippen LogP contribution in [0.5, 0.6) is 5.75 Å². The van der Waals surface area contributed by atoms with Crippen molar-refractivity contribution in [1.29, 1.82) is 0 Å². The van der Waals surface area contributed by atoms with Crippen LogP contribution in [0, 0.1) is 0 Å². The lowest BCUT2D eigenvalue weighted by Gasteiger charge is -2.27. The van der Waals surface area contributed by atoms with E-state index in [1.54, 1.807) is 12.3 Å². The summed E-state index contributed by atoms with van der Waals surface area (Å²) in [5, 5.41) is 5.28. The summed E-state index contributed by atoms with van der Waals surface area (Å²) in [7, 11) is 0. The molecule has 1 atom stereocenters. The van der Waals surface area contributed by atoms with Crippen LogP contribution in [0.15, 0.2) is 66.9 Å². The quantitative estimate of drug-likeness (QED) is 0.344. The van der Waals surface area contributed by atoms with Crippen molar-refractivity contribution in [3.8, 4) is 16.9 Å². The molecule has 6 heteroatoms. The van der Waals surface area contributed by atoms with Crippen molar-refractivity contribution in [2.75, 3.05) is 6.61 Å². The minimum absolute atomic E-state index is 0.0946. The van der Waals surface area contributed by atoms with E-state index in [1.165, 1.54) is 0 Å². The average molecular weight is 477 g/mol. The van der Waals surface area contributed by atoms with Gasteiger partial charge in [-0.2, -0.15) is 0 Å². The van der Waals surface area contributed by atoms with Gasteiger partial charge in [-0.3, -0.25) is 9.78 Å². The van der Waals surface area contributed by atoms with E-state index in [0.29, 0.717) is 28.6 Å². The molecule has 1 N–H and O–H groups in total. The van der Waals surface area contributed by atoms with Gasteiger partial charge in [-0.25, -0.2) is 0 Å². The molecule has 1 aromatic heterocycles. The summed E-state index contributed by atoms with van der Waals surface area (Å²) in [6.45, 7) is 2.63. The number of amides is 1. The summed E-state index contributed by atoms with van der Waals surface area (Å²) in [6, 6.07) is 19.2. The number of rotatable bonds is 4. The van der Waals surface area contributed by atoms with Gasteiger partial charge in [0.15, 0.2) is 0 Å². The number of para-hydroxylation sites is 2. The monoisotopic (exact) mass is 476 g/mol. The van der Waals surface area contributed by atoms with Gasteiger partial charge in [-0.15, -0.1) is 0 Å². The molecule has 0 radical (unpaired) electrons. The number of hydrogen-bond acceptors (Lipinski definition) is 3. The molecular weight excluding hydrogens is 455 g/mol. The minimum atomic E-state index is -0.126. The van der Waals surface area contributed by atoms with Gasteiger partial charge in [0.25, 0.3) is 5.91 Å². The van der Waals surface area contributed by atoms with E-state index < -0.39 is 0 Å². The number of benzene rings is 3.